The number of rotatable bonds is 3. The first-order chi connectivity index (χ1) is 29.6. The second kappa shape index (κ2) is 13.7. The van der Waals surface area contributed by atoms with Crippen molar-refractivity contribution in [3.8, 4) is 17.2 Å². The maximum absolute atomic E-state index is 6.76. The molecule has 306 valence electrons. The van der Waals surface area contributed by atoms with Gasteiger partial charge in [-0.25, -0.2) is 0 Å². The average molecular weight is 826 g/mol. The van der Waals surface area contributed by atoms with Crippen molar-refractivity contribution in [3.05, 3.63) is 168 Å². The zero-order valence-electron chi connectivity index (χ0n) is 37.2. The van der Waals surface area contributed by atoms with E-state index in [-0.39, 0.29) is 23.0 Å². The molecule has 4 heterocycles. The molecule has 3 aliphatic heterocycles. The first kappa shape index (κ1) is 38.8. The van der Waals surface area contributed by atoms with Crippen molar-refractivity contribution in [3.63, 3.8) is 0 Å². The van der Waals surface area contributed by atoms with Gasteiger partial charge in [-0.2, -0.15) is 0 Å². The largest absolute Gasteiger partial charge is 0.455 e. The first-order valence-electron chi connectivity index (χ1n) is 22.0. The summed E-state index contributed by atoms with van der Waals surface area (Å²) in [5.74, 6) is 1.78. The first-order valence-corrected chi connectivity index (χ1v) is 22.8. The Morgan fingerprint density at radius 2 is 1.05 bits per heavy atom. The van der Waals surface area contributed by atoms with Gasteiger partial charge in [-0.05, 0) is 117 Å². The number of aromatic nitrogens is 1. The summed E-state index contributed by atoms with van der Waals surface area (Å²) in [5.41, 5.74) is 17.2. The van der Waals surface area contributed by atoms with Gasteiger partial charge in [-0.1, -0.05) is 147 Å². The Hall–Kier alpha value is -6.11. The quantitative estimate of drug-likeness (QED) is 0.165. The lowest BCUT2D eigenvalue weighted by atomic mass is 9.34. The predicted octanol–water partition coefficient (Wildman–Crippen LogP) is 13.9. The van der Waals surface area contributed by atoms with Crippen LogP contribution in [0.2, 0.25) is 0 Å². The molecule has 11 rings (SSSR count). The maximum Gasteiger partial charge on any atom is 0.273 e. The van der Waals surface area contributed by atoms with E-state index in [0.29, 0.717) is 0 Å². The standard InChI is InChI=1S/C56H52BN3OS/c1-54(2,3)35-22-27-39(28-23-35)58-43-31-26-37(56(7,8)9)32-42(43)57-51-44(58)18-15-19-45(51)59(40-29-24-36(25-30-40)55(4,5)6)52-41-33-50-48(61-47-20-13-14-21-49(47)62-50)34-46(41)60(53(52)57)38-16-11-10-12-17-38/h10-34H,1-9H3. The Morgan fingerprint density at radius 1 is 0.468 bits per heavy atom. The van der Waals surface area contributed by atoms with Crippen molar-refractivity contribution in [2.24, 2.45) is 0 Å². The van der Waals surface area contributed by atoms with E-state index in [4.69, 9.17) is 4.74 Å². The summed E-state index contributed by atoms with van der Waals surface area (Å²) >= 11 is 1.79. The van der Waals surface area contributed by atoms with Crippen molar-refractivity contribution >= 4 is 80.0 Å². The highest BCUT2D eigenvalue weighted by molar-refractivity contribution is 7.99. The van der Waals surface area contributed by atoms with Crippen LogP contribution in [0.25, 0.3) is 16.6 Å². The molecule has 0 N–H and O–H groups in total. The topological polar surface area (TPSA) is 20.6 Å². The summed E-state index contributed by atoms with van der Waals surface area (Å²) in [7, 11) is 0. The zero-order chi connectivity index (χ0) is 42.9. The van der Waals surface area contributed by atoms with Gasteiger partial charge in [-0.3, -0.25) is 0 Å². The minimum atomic E-state index is -0.0842. The van der Waals surface area contributed by atoms with Gasteiger partial charge in [0.1, 0.15) is 11.5 Å². The Morgan fingerprint density at radius 3 is 1.69 bits per heavy atom. The van der Waals surface area contributed by atoms with Crippen LogP contribution in [0.5, 0.6) is 11.5 Å². The van der Waals surface area contributed by atoms with E-state index in [0.717, 1.165) is 43.9 Å². The third-order valence-corrected chi connectivity index (χ3v) is 14.2. The summed E-state index contributed by atoms with van der Waals surface area (Å²) in [5, 5.41) is 1.20. The van der Waals surface area contributed by atoms with Crippen molar-refractivity contribution in [2.75, 3.05) is 9.80 Å². The number of hydrogen-bond acceptors (Lipinski definition) is 4. The maximum atomic E-state index is 6.76. The van der Waals surface area contributed by atoms with E-state index in [1.165, 1.54) is 61.3 Å². The van der Waals surface area contributed by atoms with Gasteiger partial charge in [0.05, 0.1) is 21.0 Å². The van der Waals surface area contributed by atoms with E-state index in [2.05, 4.69) is 228 Å². The molecule has 0 amide bonds. The van der Waals surface area contributed by atoms with Crippen molar-refractivity contribution < 1.29 is 4.74 Å². The average Bonchev–Trinajstić information content (AvgIpc) is 3.57. The van der Waals surface area contributed by atoms with Gasteiger partial charge in [0.25, 0.3) is 6.71 Å². The molecular weight excluding hydrogens is 774 g/mol. The number of para-hydroxylation sites is 2. The zero-order valence-corrected chi connectivity index (χ0v) is 38.0. The molecule has 6 heteroatoms. The number of benzene rings is 7. The van der Waals surface area contributed by atoms with Crippen LogP contribution >= 0.6 is 11.8 Å². The van der Waals surface area contributed by atoms with Crippen LogP contribution in [0, 0.1) is 0 Å². The van der Waals surface area contributed by atoms with Crippen LogP contribution in [-0.2, 0) is 16.2 Å². The SMILES string of the molecule is CC(C)(C)c1ccc(N2c3ccc(C(C)(C)C)cc3B3c4c2cccc4N(c2ccc(C(C)(C)C)cc2)c2c3n(-c3ccccc3)c3cc4c(cc23)Sc2ccccc2O4)cc1. The molecule has 0 saturated carbocycles. The molecule has 0 bridgehead atoms. The second-order valence-electron chi connectivity index (χ2n) is 20.3. The fraction of sp³-hybridized carbons (Fsp3) is 0.214. The van der Waals surface area contributed by atoms with Crippen LogP contribution < -0.4 is 31.1 Å². The lowest BCUT2D eigenvalue weighted by Gasteiger charge is -2.44. The molecule has 8 aromatic rings. The van der Waals surface area contributed by atoms with E-state index >= 15 is 0 Å². The normalized spacial score (nSPS) is 14.2. The summed E-state index contributed by atoms with van der Waals surface area (Å²) in [6, 6.07) is 56.8. The molecule has 0 radical (unpaired) electrons. The summed E-state index contributed by atoms with van der Waals surface area (Å²) in [4.78, 5) is 7.33. The van der Waals surface area contributed by atoms with Gasteiger partial charge in [-0.15, -0.1) is 0 Å². The Balaban J connectivity index is 1.27. The van der Waals surface area contributed by atoms with E-state index in [1.807, 2.05) is 0 Å². The number of anilines is 6. The Kier molecular flexibility index (Phi) is 8.57. The fourth-order valence-electron chi connectivity index (χ4n) is 9.81. The molecule has 1 aromatic heterocycles. The van der Waals surface area contributed by atoms with Crippen molar-refractivity contribution in [1.82, 2.24) is 4.57 Å². The van der Waals surface area contributed by atoms with Gasteiger partial charge < -0.3 is 19.1 Å². The van der Waals surface area contributed by atoms with E-state index in [9.17, 15) is 0 Å². The molecule has 3 aliphatic rings. The highest BCUT2D eigenvalue weighted by atomic mass is 32.2. The predicted molar refractivity (Wildman–Crippen MR) is 264 cm³/mol. The van der Waals surface area contributed by atoms with E-state index in [1.54, 1.807) is 11.8 Å². The van der Waals surface area contributed by atoms with Gasteiger partial charge in [0.2, 0.25) is 0 Å². The van der Waals surface area contributed by atoms with Gasteiger partial charge in [0.15, 0.2) is 0 Å². The Bertz CT molecular complexity index is 3070. The highest BCUT2D eigenvalue weighted by Crippen LogP contribution is 2.52. The fourth-order valence-corrected chi connectivity index (χ4v) is 10.8. The number of ether oxygens (including phenoxy) is 1. The smallest absolute Gasteiger partial charge is 0.273 e. The molecular formula is C56H52BN3OS. The summed E-state index contributed by atoms with van der Waals surface area (Å²) < 4.78 is 9.30. The number of nitrogens with zero attached hydrogens (tertiary/aromatic N) is 3. The molecule has 0 aliphatic carbocycles. The Labute approximate surface area is 371 Å². The van der Waals surface area contributed by atoms with Crippen LogP contribution in [-0.4, -0.2) is 11.3 Å². The third-order valence-electron chi connectivity index (χ3n) is 13.1. The lowest BCUT2D eigenvalue weighted by Crippen LogP contribution is -2.63. The molecule has 0 saturated heterocycles. The van der Waals surface area contributed by atoms with Crippen molar-refractivity contribution in [2.45, 2.75) is 88.3 Å². The van der Waals surface area contributed by atoms with Crippen LogP contribution in [0.15, 0.2) is 161 Å². The summed E-state index contributed by atoms with van der Waals surface area (Å²) in [6.45, 7) is 20.6. The van der Waals surface area contributed by atoms with Crippen LogP contribution in [0.1, 0.15) is 79.0 Å². The minimum Gasteiger partial charge on any atom is -0.455 e. The number of fused-ring (bicyclic) bond motifs is 8. The van der Waals surface area contributed by atoms with Crippen LogP contribution in [0.4, 0.5) is 34.1 Å². The van der Waals surface area contributed by atoms with E-state index < -0.39 is 0 Å². The number of hydrogen-bond donors (Lipinski definition) is 0. The molecule has 0 fully saturated rings. The third kappa shape index (κ3) is 6.05. The van der Waals surface area contributed by atoms with Gasteiger partial charge >= 0.3 is 0 Å². The molecule has 62 heavy (non-hydrogen) atoms. The minimum absolute atomic E-state index is 0.0238. The molecule has 0 spiro atoms. The lowest BCUT2D eigenvalue weighted by molar-refractivity contribution is 0.455. The van der Waals surface area contributed by atoms with Crippen LogP contribution in [0.3, 0.4) is 0 Å². The molecule has 4 nitrogen and oxygen atoms in total. The molecule has 0 unspecified atom stereocenters. The molecule has 7 aromatic carbocycles. The molecule has 0 atom stereocenters. The second-order valence-corrected chi connectivity index (χ2v) is 21.4. The highest BCUT2D eigenvalue weighted by Gasteiger charge is 2.47. The van der Waals surface area contributed by atoms with Crippen molar-refractivity contribution in [1.29, 1.82) is 0 Å². The summed E-state index contributed by atoms with van der Waals surface area (Å²) in [6.07, 6.45) is 0. The monoisotopic (exact) mass is 825 g/mol. The van der Waals surface area contributed by atoms with Gasteiger partial charge in [0, 0.05) is 51.2 Å².